The number of aromatic hydroxyl groups is 1. The molecule has 0 bridgehead atoms. The van der Waals surface area contributed by atoms with Crippen molar-refractivity contribution in [3.8, 4) is 34.5 Å². The van der Waals surface area contributed by atoms with Crippen molar-refractivity contribution in [2.24, 2.45) is 7.05 Å². The Balaban J connectivity index is 1.98. The smallest absolute Gasteiger partial charge is 0.258 e. The molecule has 7 heteroatoms. The van der Waals surface area contributed by atoms with Crippen molar-refractivity contribution in [2.75, 3.05) is 7.11 Å². The molecule has 0 radical (unpaired) electrons. The quantitative estimate of drug-likeness (QED) is 0.783. The summed E-state index contributed by atoms with van der Waals surface area (Å²) in [5, 5.41) is 13.7. The van der Waals surface area contributed by atoms with Gasteiger partial charge in [-0.05, 0) is 18.2 Å². The highest BCUT2D eigenvalue weighted by atomic mass is 16.5. The lowest BCUT2D eigenvalue weighted by atomic mass is 10.2. The highest BCUT2D eigenvalue weighted by Crippen LogP contribution is 2.31. The summed E-state index contributed by atoms with van der Waals surface area (Å²) in [5.74, 6) is 1.17. The summed E-state index contributed by atoms with van der Waals surface area (Å²) in [5.41, 5.74) is 1.36. The van der Waals surface area contributed by atoms with Crippen molar-refractivity contribution in [2.45, 2.75) is 0 Å². The van der Waals surface area contributed by atoms with Crippen LogP contribution in [0.2, 0.25) is 0 Å². The third-order valence-electron chi connectivity index (χ3n) is 2.90. The Hall–Kier alpha value is -2.83. The fourth-order valence-corrected chi connectivity index (χ4v) is 1.84. The molecule has 0 aliphatic rings. The number of benzene rings is 1. The summed E-state index contributed by atoms with van der Waals surface area (Å²) in [6.07, 6.45) is 3.31. The number of phenols is 1. The van der Waals surface area contributed by atoms with Crippen LogP contribution in [0.25, 0.3) is 23.0 Å². The highest BCUT2D eigenvalue weighted by molar-refractivity contribution is 5.61. The van der Waals surface area contributed by atoms with Gasteiger partial charge in [-0.3, -0.25) is 0 Å². The van der Waals surface area contributed by atoms with Crippen LogP contribution in [0.5, 0.6) is 11.5 Å². The number of aromatic nitrogens is 4. The maximum atomic E-state index is 9.76. The van der Waals surface area contributed by atoms with Gasteiger partial charge < -0.3 is 18.9 Å². The van der Waals surface area contributed by atoms with Crippen LogP contribution in [0.4, 0.5) is 0 Å². The molecule has 0 unspecified atom stereocenters. The number of nitrogens with zero attached hydrogens (tertiary/aromatic N) is 4. The van der Waals surface area contributed by atoms with Crippen LogP contribution < -0.4 is 4.74 Å². The van der Waals surface area contributed by atoms with Gasteiger partial charge in [0.25, 0.3) is 5.89 Å². The largest absolute Gasteiger partial charge is 0.504 e. The van der Waals surface area contributed by atoms with Crippen LogP contribution in [0.3, 0.4) is 0 Å². The van der Waals surface area contributed by atoms with Gasteiger partial charge in [-0.2, -0.15) is 4.98 Å². The van der Waals surface area contributed by atoms with Crippen LogP contribution in [0.15, 0.2) is 35.2 Å². The van der Waals surface area contributed by atoms with Crippen molar-refractivity contribution in [3.63, 3.8) is 0 Å². The Labute approximate surface area is 114 Å². The molecular weight excluding hydrogens is 260 g/mol. The average molecular weight is 272 g/mol. The molecule has 2 heterocycles. The van der Waals surface area contributed by atoms with E-state index in [1.54, 1.807) is 29.2 Å². The van der Waals surface area contributed by atoms with Gasteiger partial charge in [-0.15, -0.1) is 0 Å². The van der Waals surface area contributed by atoms with Gasteiger partial charge in [-0.25, -0.2) is 4.98 Å². The molecule has 3 rings (SSSR count). The summed E-state index contributed by atoms with van der Waals surface area (Å²) in [6, 6.07) is 4.89. The van der Waals surface area contributed by atoms with Gasteiger partial charge in [0.15, 0.2) is 11.5 Å². The first kappa shape index (κ1) is 12.2. The van der Waals surface area contributed by atoms with Crippen molar-refractivity contribution in [3.05, 3.63) is 30.7 Å². The van der Waals surface area contributed by atoms with E-state index in [1.165, 1.54) is 13.2 Å². The molecule has 1 N–H and O–H groups in total. The molecule has 1 aromatic carbocycles. The molecule has 0 spiro atoms. The van der Waals surface area contributed by atoms with Gasteiger partial charge in [0.1, 0.15) is 5.69 Å². The van der Waals surface area contributed by atoms with E-state index in [2.05, 4.69) is 15.1 Å². The second-order valence-corrected chi connectivity index (χ2v) is 4.20. The van der Waals surface area contributed by atoms with E-state index in [0.717, 1.165) is 5.69 Å². The first-order chi connectivity index (χ1) is 9.69. The molecule has 102 valence electrons. The van der Waals surface area contributed by atoms with Crippen LogP contribution in [0.1, 0.15) is 0 Å². The molecule has 0 saturated carbocycles. The van der Waals surface area contributed by atoms with Crippen molar-refractivity contribution < 1.29 is 14.4 Å². The molecule has 7 nitrogen and oxygen atoms in total. The molecule has 3 aromatic rings. The van der Waals surface area contributed by atoms with Gasteiger partial charge >= 0.3 is 0 Å². The van der Waals surface area contributed by atoms with E-state index in [-0.39, 0.29) is 5.75 Å². The minimum absolute atomic E-state index is 0.0188. The normalized spacial score (nSPS) is 10.7. The summed E-state index contributed by atoms with van der Waals surface area (Å²) in [7, 11) is 3.33. The second-order valence-electron chi connectivity index (χ2n) is 4.20. The van der Waals surface area contributed by atoms with E-state index in [4.69, 9.17) is 9.26 Å². The van der Waals surface area contributed by atoms with E-state index in [0.29, 0.717) is 23.0 Å². The number of ether oxygens (including phenoxy) is 1. The van der Waals surface area contributed by atoms with Gasteiger partial charge in [0.2, 0.25) is 5.82 Å². The zero-order chi connectivity index (χ0) is 14.1. The van der Waals surface area contributed by atoms with E-state index in [9.17, 15) is 5.11 Å². The number of phenolic OH excluding ortho intramolecular Hbond substituents is 1. The van der Waals surface area contributed by atoms with Crippen LogP contribution in [0, 0.1) is 0 Å². The lowest BCUT2D eigenvalue weighted by Gasteiger charge is -2.03. The first-order valence-electron chi connectivity index (χ1n) is 5.87. The summed E-state index contributed by atoms with van der Waals surface area (Å²) in [4.78, 5) is 8.29. The average Bonchev–Trinajstić information content (AvgIpc) is 3.07. The Morgan fingerprint density at radius 3 is 2.85 bits per heavy atom. The molecular formula is C13H12N4O3. The Morgan fingerprint density at radius 1 is 1.35 bits per heavy atom. The third kappa shape index (κ3) is 1.99. The van der Waals surface area contributed by atoms with E-state index >= 15 is 0 Å². The number of aryl methyl sites for hydroxylation is 1. The number of methoxy groups -OCH3 is 1. The molecule has 0 aliphatic heterocycles. The standard InChI is InChI=1S/C13H12N4O3/c1-17-7-14-6-9(17)12-15-13(20-16-12)8-3-4-11(19-2)10(18)5-8/h3-7,18H,1-2H3. The molecule has 0 amide bonds. The molecule has 0 aliphatic carbocycles. The summed E-state index contributed by atoms with van der Waals surface area (Å²) < 4.78 is 12.0. The maximum Gasteiger partial charge on any atom is 0.258 e. The first-order valence-corrected chi connectivity index (χ1v) is 5.87. The molecule has 0 atom stereocenters. The predicted octanol–water partition coefficient (Wildman–Crippen LogP) is 1.85. The Kier molecular flexibility index (Phi) is 2.86. The molecule has 20 heavy (non-hydrogen) atoms. The maximum absolute atomic E-state index is 9.76. The second kappa shape index (κ2) is 4.69. The van der Waals surface area contributed by atoms with E-state index in [1.807, 2.05) is 7.05 Å². The van der Waals surface area contributed by atoms with Crippen molar-refractivity contribution in [1.82, 2.24) is 19.7 Å². The van der Waals surface area contributed by atoms with Gasteiger partial charge in [-0.1, -0.05) is 5.16 Å². The number of imidazole rings is 1. The number of rotatable bonds is 3. The Bertz CT molecular complexity index is 748. The van der Waals surface area contributed by atoms with Crippen molar-refractivity contribution >= 4 is 0 Å². The lowest BCUT2D eigenvalue weighted by Crippen LogP contribution is -1.90. The van der Waals surface area contributed by atoms with Crippen LogP contribution in [-0.2, 0) is 7.05 Å². The number of hydrogen-bond donors (Lipinski definition) is 1. The molecule has 2 aromatic heterocycles. The predicted molar refractivity (Wildman–Crippen MR) is 70.2 cm³/mol. The molecule has 0 saturated heterocycles. The molecule has 0 fully saturated rings. The fraction of sp³-hybridized carbons (Fsp3) is 0.154. The van der Waals surface area contributed by atoms with Crippen molar-refractivity contribution in [1.29, 1.82) is 0 Å². The van der Waals surface area contributed by atoms with Gasteiger partial charge in [0, 0.05) is 12.6 Å². The number of hydrogen-bond acceptors (Lipinski definition) is 6. The van der Waals surface area contributed by atoms with Crippen LogP contribution >= 0.6 is 0 Å². The monoisotopic (exact) mass is 272 g/mol. The Morgan fingerprint density at radius 2 is 2.20 bits per heavy atom. The lowest BCUT2D eigenvalue weighted by molar-refractivity contribution is 0.373. The zero-order valence-corrected chi connectivity index (χ0v) is 10.9. The minimum atomic E-state index is 0.0188. The minimum Gasteiger partial charge on any atom is -0.504 e. The SMILES string of the molecule is COc1ccc(-c2nc(-c3cncn3C)no2)cc1O. The van der Waals surface area contributed by atoms with Crippen LogP contribution in [-0.4, -0.2) is 31.9 Å². The summed E-state index contributed by atoms with van der Waals surface area (Å²) in [6.45, 7) is 0. The zero-order valence-electron chi connectivity index (χ0n) is 10.9. The topological polar surface area (TPSA) is 86.2 Å². The van der Waals surface area contributed by atoms with E-state index < -0.39 is 0 Å². The summed E-state index contributed by atoms with van der Waals surface area (Å²) >= 11 is 0. The third-order valence-corrected chi connectivity index (χ3v) is 2.90. The van der Waals surface area contributed by atoms with Gasteiger partial charge in [0.05, 0.1) is 19.6 Å². The highest BCUT2D eigenvalue weighted by Gasteiger charge is 2.14. The fourth-order valence-electron chi connectivity index (χ4n) is 1.84.